The zero-order valence-electron chi connectivity index (χ0n) is 17.3. The van der Waals surface area contributed by atoms with E-state index in [2.05, 4.69) is 5.32 Å². The molecule has 1 atom stereocenters. The average Bonchev–Trinajstić information content (AvgIpc) is 2.92. The van der Waals surface area contributed by atoms with Crippen molar-refractivity contribution in [1.82, 2.24) is 0 Å². The molecule has 0 radical (unpaired) electrons. The van der Waals surface area contributed by atoms with Gasteiger partial charge in [-0.3, -0.25) is 9.59 Å². The van der Waals surface area contributed by atoms with Gasteiger partial charge in [-0.15, -0.1) is 0 Å². The molecule has 3 aromatic carbocycles. The van der Waals surface area contributed by atoms with Gasteiger partial charge in [0.15, 0.2) is 21.3 Å². The number of ether oxygens (including phenoxy) is 2. The van der Waals surface area contributed by atoms with Gasteiger partial charge in [-0.2, -0.15) is 0 Å². The largest absolute Gasteiger partial charge is 0.606 e. The Morgan fingerprint density at radius 3 is 2.62 bits per heavy atom. The lowest BCUT2D eigenvalue weighted by Crippen LogP contribution is -2.30. The van der Waals surface area contributed by atoms with E-state index in [1.807, 2.05) is 6.92 Å². The van der Waals surface area contributed by atoms with Crippen molar-refractivity contribution in [2.45, 2.75) is 16.7 Å². The Balaban J connectivity index is 1.48. The molecular formula is C24H20N2O5S. The topological polar surface area (TPSA) is 90.9 Å². The minimum atomic E-state index is -1.54. The van der Waals surface area contributed by atoms with Crippen LogP contribution in [0.1, 0.15) is 27.6 Å². The molecule has 0 fully saturated rings. The summed E-state index contributed by atoms with van der Waals surface area (Å²) in [6.45, 7) is 3.17. The molecule has 32 heavy (non-hydrogen) atoms. The Hall–Kier alpha value is -3.49. The average molecular weight is 449 g/mol. The highest BCUT2D eigenvalue weighted by atomic mass is 32.2. The third-order valence-electron chi connectivity index (χ3n) is 5.39. The van der Waals surface area contributed by atoms with Gasteiger partial charge in [0.25, 0.3) is 11.8 Å². The predicted octanol–water partition coefficient (Wildman–Crippen LogP) is 3.86. The molecule has 0 saturated heterocycles. The highest BCUT2D eigenvalue weighted by Crippen LogP contribution is 2.37. The Bertz CT molecular complexity index is 1230. The number of carbonyl (C=O) groups is 2. The lowest BCUT2D eigenvalue weighted by Gasteiger charge is -2.21. The molecule has 2 heterocycles. The van der Waals surface area contributed by atoms with Crippen LogP contribution in [0.4, 0.5) is 11.4 Å². The van der Waals surface area contributed by atoms with Gasteiger partial charge in [-0.25, -0.2) is 0 Å². The van der Waals surface area contributed by atoms with Crippen molar-refractivity contribution in [3.8, 4) is 11.5 Å². The number of anilines is 2. The summed E-state index contributed by atoms with van der Waals surface area (Å²) in [6, 6.07) is 17.0. The van der Waals surface area contributed by atoms with Crippen LogP contribution >= 0.6 is 0 Å². The highest BCUT2D eigenvalue weighted by Gasteiger charge is 2.35. The number of hydrogen-bond donors (Lipinski definition) is 1. The maximum absolute atomic E-state index is 13.2. The van der Waals surface area contributed by atoms with E-state index in [1.54, 1.807) is 65.6 Å². The van der Waals surface area contributed by atoms with Crippen LogP contribution in [0.25, 0.3) is 0 Å². The van der Waals surface area contributed by atoms with Gasteiger partial charge in [-0.1, -0.05) is 12.1 Å². The Kier molecular flexibility index (Phi) is 5.24. The quantitative estimate of drug-likeness (QED) is 0.615. The summed E-state index contributed by atoms with van der Waals surface area (Å²) in [6.07, 6.45) is 0. The summed E-state index contributed by atoms with van der Waals surface area (Å²) in [5.74, 6) is 0.630. The van der Waals surface area contributed by atoms with Crippen molar-refractivity contribution in [1.29, 1.82) is 0 Å². The molecule has 3 aromatic rings. The summed E-state index contributed by atoms with van der Waals surface area (Å²) in [5, 5.41) is 2.85. The number of nitrogens with zero attached hydrogens (tertiary/aromatic N) is 1. The van der Waals surface area contributed by atoms with Gasteiger partial charge in [0, 0.05) is 35.0 Å². The summed E-state index contributed by atoms with van der Waals surface area (Å²) in [5.41, 5.74) is 1.80. The molecule has 8 heteroatoms. The first-order valence-electron chi connectivity index (χ1n) is 10.2. The first-order valence-corrected chi connectivity index (χ1v) is 11.4. The van der Waals surface area contributed by atoms with E-state index in [0.29, 0.717) is 63.6 Å². The van der Waals surface area contributed by atoms with Crippen LogP contribution in [0.2, 0.25) is 0 Å². The van der Waals surface area contributed by atoms with E-state index in [-0.39, 0.29) is 11.8 Å². The van der Waals surface area contributed by atoms with Crippen LogP contribution in [-0.2, 0) is 11.2 Å². The van der Waals surface area contributed by atoms with Gasteiger partial charge in [-0.05, 0) is 49.4 Å². The molecule has 0 aliphatic carbocycles. The number of nitrogens with one attached hydrogen (secondary N) is 1. The fourth-order valence-electron chi connectivity index (χ4n) is 3.84. The van der Waals surface area contributed by atoms with Crippen molar-refractivity contribution in [2.24, 2.45) is 0 Å². The third kappa shape index (κ3) is 3.47. The van der Waals surface area contributed by atoms with E-state index < -0.39 is 11.2 Å². The molecule has 0 bridgehead atoms. The minimum Gasteiger partial charge on any atom is -0.606 e. The van der Waals surface area contributed by atoms with Crippen molar-refractivity contribution in [2.75, 3.05) is 30.0 Å². The molecule has 162 valence electrons. The number of hydrogen-bond acceptors (Lipinski definition) is 5. The van der Waals surface area contributed by atoms with Crippen molar-refractivity contribution in [3.05, 3.63) is 71.8 Å². The Morgan fingerprint density at radius 2 is 1.81 bits per heavy atom. The molecule has 0 aromatic heterocycles. The van der Waals surface area contributed by atoms with E-state index in [0.717, 1.165) is 0 Å². The van der Waals surface area contributed by atoms with Gasteiger partial charge < -0.3 is 24.2 Å². The molecule has 1 unspecified atom stereocenters. The monoisotopic (exact) mass is 448 g/mol. The first kappa shape index (κ1) is 20.4. The predicted molar refractivity (Wildman–Crippen MR) is 120 cm³/mol. The molecule has 5 rings (SSSR count). The first-order chi connectivity index (χ1) is 15.6. The summed E-state index contributed by atoms with van der Waals surface area (Å²) in [7, 11) is 0. The second-order valence-electron chi connectivity index (χ2n) is 7.31. The molecular weight excluding hydrogens is 428 g/mol. The summed E-state index contributed by atoms with van der Waals surface area (Å²) in [4.78, 5) is 28.6. The SMILES string of the molecule is CCN1C(=O)c2ccccc2[S+]([O-])c2ccc(C(=O)Nc3ccc4c(c3)OCCO4)cc21. The fourth-order valence-corrected chi connectivity index (χ4v) is 5.19. The van der Waals surface area contributed by atoms with Gasteiger partial charge in [0.2, 0.25) is 0 Å². The van der Waals surface area contributed by atoms with Crippen LogP contribution in [0.15, 0.2) is 70.5 Å². The van der Waals surface area contributed by atoms with E-state index in [4.69, 9.17) is 9.47 Å². The molecule has 0 spiro atoms. The van der Waals surface area contributed by atoms with Crippen molar-refractivity contribution < 1.29 is 23.6 Å². The van der Waals surface area contributed by atoms with Crippen LogP contribution in [0.5, 0.6) is 11.5 Å². The third-order valence-corrected chi connectivity index (χ3v) is 6.89. The molecule has 2 aliphatic rings. The van der Waals surface area contributed by atoms with Gasteiger partial charge in [0.1, 0.15) is 18.9 Å². The lowest BCUT2D eigenvalue weighted by molar-refractivity contribution is 0.0982. The van der Waals surface area contributed by atoms with Crippen LogP contribution in [-0.4, -0.2) is 36.1 Å². The molecule has 2 aliphatic heterocycles. The number of fused-ring (bicyclic) bond motifs is 3. The van der Waals surface area contributed by atoms with Gasteiger partial charge in [0.05, 0.1) is 5.56 Å². The second-order valence-corrected chi connectivity index (χ2v) is 8.73. The maximum Gasteiger partial charge on any atom is 0.263 e. The van der Waals surface area contributed by atoms with Crippen molar-refractivity contribution >= 4 is 34.4 Å². The summed E-state index contributed by atoms with van der Waals surface area (Å²) < 4.78 is 24.3. The normalized spacial score (nSPS) is 16.6. The smallest absolute Gasteiger partial charge is 0.263 e. The van der Waals surface area contributed by atoms with E-state index in [9.17, 15) is 14.1 Å². The number of carbonyl (C=O) groups excluding carboxylic acids is 2. The maximum atomic E-state index is 13.2. The lowest BCUT2D eigenvalue weighted by atomic mass is 10.1. The Labute approximate surface area is 188 Å². The zero-order chi connectivity index (χ0) is 22.2. The molecule has 0 saturated carbocycles. The minimum absolute atomic E-state index is 0.236. The molecule has 1 N–H and O–H groups in total. The number of amides is 2. The molecule has 2 amide bonds. The fraction of sp³-hybridized carbons (Fsp3) is 0.167. The zero-order valence-corrected chi connectivity index (χ0v) is 18.1. The van der Waals surface area contributed by atoms with E-state index >= 15 is 0 Å². The number of rotatable bonds is 3. The standard InChI is InChI=1S/C24H20N2O5S/c1-2-26-18-13-15(23(27)25-16-8-9-19-20(14-16)31-12-11-30-19)7-10-22(18)32(29)21-6-4-3-5-17(21)24(26)28/h3-10,13-14H,2,11-12H2,1H3,(H,25,27). The van der Waals surface area contributed by atoms with Gasteiger partial charge >= 0.3 is 0 Å². The van der Waals surface area contributed by atoms with Crippen LogP contribution < -0.4 is 19.7 Å². The summed E-state index contributed by atoms with van der Waals surface area (Å²) >= 11 is -1.54. The number of benzene rings is 3. The van der Waals surface area contributed by atoms with Crippen molar-refractivity contribution in [3.63, 3.8) is 0 Å². The second kappa shape index (κ2) is 8.22. The Morgan fingerprint density at radius 1 is 1.03 bits per heavy atom. The van der Waals surface area contributed by atoms with E-state index in [1.165, 1.54) is 0 Å². The van der Waals surface area contributed by atoms with Crippen LogP contribution in [0.3, 0.4) is 0 Å². The van der Waals surface area contributed by atoms with Crippen LogP contribution in [0, 0.1) is 0 Å². The highest BCUT2D eigenvalue weighted by molar-refractivity contribution is 7.91. The molecule has 7 nitrogen and oxygen atoms in total.